The van der Waals surface area contributed by atoms with Crippen LogP contribution in [0.3, 0.4) is 0 Å². The molecule has 1 heterocycles. The van der Waals surface area contributed by atoms with Gasteiger partial charge in [0.2, 0.25) is 0 Å². The first-order chi connectivity index (χ1) is 13.4. The average molecular weight is 412 g/mol. The minimum absolute atomic E-state index is 0.221. The molecule has 4 heteroatoms. The fourth-order valence-corrected chi connectivity index (χ4v) is 8.48. The van der Waals surface area contributed by atoms with E-state index in [4.69, 9.17) is 9.47 Å². The van der Waals surface area contributed by atoms with Crippen molar-refractivity contribution in [2.45, 2.75) is 39.3 Å². The quantitative estimate of drug-likeness (QED) is 0.537. The number of ether oxygens (including phenoxy) is 2. The van der Waals surface area contributed by atoms with Crippen molar-refractivity contribution < 1.29 is 9.47 Å². The lowest BCUT2D eigenvalue weighted by Gasteiger charge is -2.29. The highest BCUT2D eigenvalue weighted by molar-refractivity contribution is 7.73. The number of benzene rings is 2. The Morgan fingerprint density at radius 2 is 1.36 bits per heavy atom. The van der Waals surface area contributed by atoms with Gasteiger partial charge in [-0.15, -0.1) is 0 Å². The van der Waals surface area contributed by atoms with Gasteiger partial charge in [-0.1, -0.05) is 50.2 Å². The lowest BCUT2D eigenvalue weighted by Crippen LogP contribution is -2.23. The van der Waals surface area contributed by atoms with Crippen LogP contribution >= 0.6 is 16.1 Å². The maximum absolute atomic E-state index is 5.73. The van der Waals surface area contributed by atoms with Crippen LogP contribution in [0.15, 0.2) is 59.7 Å². The van der Waals surface area contributed by atoms with E-state index in [1.165, 1.54) is 29.7 Å². The number of allylic oxidation sites excluding steroid dienone is 2. The zero-order valence-electron chi connectivity index (χ0n) is 17.7. The summed E-state index contributed by atoms with van der Waals surface area (Å²) >= 11 is 0. The summed E-state index contributed by atoms with van der Waals surface area (Å²) < 4.78 is 11.5. The predicted molar refractivity (Wildman–Crippen MR) is 126 cm³/mol. The summed E-state index contributed by atoms with van der Waals surface area (Å²) in [7, 11) is 4.40. The van der Waals surface area contributed by atoms with Crippen molar-refractivity contribution >= 4 is 32.0 Å². The summed E-state index contributed by atoms with van der Waals surface area (Å²) in [6.07, 6.45) is 2.26. The lowest BCUT2D eigenvalue weighted by atomic mass is 9.94. The van der Waals surface area contributed by atoms with Crippen LogP contribution in [0.25, 0.3) is 0 Å². The Morgan fingerprint density at radius 1 is 0.857 bits per heavy atom. The van der Waals surface area contributed by atoms with Crippen molar-refractivity contribution in [3.05, 3.63) is 59.7 Å². The Labute approximate surface area is 172 Å². The maximum atomic E-state index is 5.73. The maximum Gasteiger partial charge on any atom is 0.126 e. The molecular weight excluding hydrogens is 382 g/mol. The molecular formula is C24H30O2P2. The monoisotopic (exact) mass is 412 g/mol. The summed E-state index contributed by atoms with van der Waals surface area (Å²) in [6, 6.07) is 16.9. The zero-order chi connectivity index (χ0) is 20.3. The van der Waals surface area contributed by atoms with Gasteiger partial charge < -0.3 is 9.47 Å². The average Bonchev–Trinajstić information content (AvgIpc) is 2.91. The molecule has 1 atom stereocenters. The van der Waals surface area contributed by atoms with E-state index in [9.17, 15) is 0 Å². The van der Waals surface area contributed by atoms with Crippen molar-refractivity contribution in [2.75, 3.05) is 20.4 Å². The largest absolute Gasteiger partial charge is 0.496 e. The van der Waals surface area contributed by atoms with Gasteiger partial charge in [-0.3, -0.25) is 0 Å². The van der Waals surface area contributed by atoms with E-state index in [0.29, 0.717) is 0 Å². The smallest absolute Gasteiger partial charge is 0.126 e. The number of methoxy groups -OCH3 is 2. The number of hydrogen-bond acceptors (Lipinski definition) is 2. The second-order valence-electron chi connectivity index (χ2n) is 7.47. The Bertz CT molecular complexity index is 869. The van der Waals surface area contributed by atoms with Crippen molar-refractivity contribution in [3.8, 4) is 11.5 Å². The van der Waals surface area contributed by atoms with E-state index >= 15 is 0 Å². The Kier molecular flexibility index (Phi) is 6.64. The van der Waals surface area contributed by atoms with Crippen LogP contribution in [-0.4, -0.2) is 30.8 Å². The van der Waals surface area contributed by atoms with Gasteiger partial charge in [-0.2, -0.15) is 0 Å². The van der Waals surface area contributed by atoms with Crippen LogP contribution in [0.1, 0.15) is 34.1 Å². The molecule has 2 nitrogen and oxygen atoms in total. The zero-order valence-corrected chi connectivity index (χ0v) is 19.5. The highest BCUT2D eigenvalue weighted by atomic mass is 31.1. The fourth-order valence-electron chi connectivity index (χ4n) is 3.86. The summed E-state index contributed by atoms with van der Waals surface area (Å²) in [4.78, 5) is 0. The Morgan fingerprint density at radius 3 is 1.79 bits per heavy atom. The molecule has 0 radical (unpaired) electrons. The Balaban J connectivity index is 2.01. The third-order valence-electron chi connectivity index (χ3n) is 5.90. The first kappa shape index (κ1) is 21.1. The van der Waals surface area contributed by atoms with E-state index in [1.807, 2.05) is 12.1 Å². The fraction of sp³-hybridized carbons (Fsp3) is 0.375. The third-order valence-corrected chi connectivity index (χ3v) is 10.2. The molecule has 0 saturated heterocycles. The summed E-state index contributed by atoms with van der Waals surface area (Å²) in [5, 5.41) is 4.32. The molecule has 0 N–H and O–H groups in total. The molecule has 28 heavy (non-hydrogen) atoms. The molecule has 2 aromatic rings. The highest BCUT2D eigenvalue weighted by Gasteiger charge is 2.33. The van der Waals surface area contributed by atoms with Gasteiger partial charge in [0.15, 0.2) is 0 Å². The van der Waals surface area contributed by atoms with Gasteiger partial charge in [0, 0.05) is 15.8 Å². The minimum Gasteiger partial charge on any atom is -0.496 e. The molecule has 148 valence electrons. The first-order valence-electron chi connectivity index (χ1n) is 9.69. The number of para-hydroxylation sites is 2. The molecule has 2 aromatic carbocycles. The molecule has 0 fully saturated rings. The van der Waals surface area contributed by atoms with Gasteiger partial charge >= 0.3 is 0 Å². The molecule has 0 amide bonds. The van der Waals surface area contributed by atoms with Crippen LogP contribution in [0, 0.1) is 0 Å². The van der Waals surface area contributed by atoms with Gasteiger partial charge in [-0.25, -0.2) is 0 Å². The van der Waals surface area contributed by atoms with Gasteiger partial charge in [-0.05, 0) is 71.2 Å². The molecule has 0 spiro atoms. The predicted octanol–water partition coefficient (Wildman–Crippen LogP) is 5.77. The molecule has 0 saturated carbocycles. The third kappa shape index (κ3) is 4.05. The topological polar surface area (TPSA) is 18.5 Å². The summed E-state index contributed by atoms with van der Waals surface area (Å²) in [5.74, 6) is 1.94. The second-order valence-corrected chi connectivity index (χ2v) is 11.6. The second kappa shape index (κ2) is 8.81. The number of rotatable bonds is 7. The van der Waals surface area contributed by atoms with Crippen molar-refractivity contribution in [1.82, 2.24) is 0 Å². The van der Waals surface area contributed by atoms with Gasteiger partial charge in [0.05, 0.1) is 14.2 Å². The first-order valence-corrected chi connectivity index (χ1v) is 12.1. The summed E-state index contributed by atoms with van der Waals surface area (Å²) in [5.41, 5.74) is 3.03. The lowest BCUT2D eigenvalue weighted by molar-refractivity contribution is 0.417. The number of hydrogen-bond donors (Lipinski definition) is 0. The molecule has 0 bridgehead atoms. The van der Waals surface area contributed by atoms with Crippen LogP contribution in [-0.2, 0) is 0 Å². The van der Waals surface area contributed by atoms with Crippen molar-refractivity contribution in [1.29, 1.82) is 0 Å². The van der Waals surface area contributed by atoms with Crippen molar-refractivity contribution in [2.24, 2.45) is 0 Å². The van der Waals surface area contributed by atoms with Crippen LogP contribution in [0.5, 0.6) is 11.5 Å². The molecule has 1 unspecified atom stereocenters. The van der Waals surface area contributed by atoms with Gasteiger partial charge in [0.1, 0.15) is 11.5 Å². The molecule has 3 rings (SSSR count). The Hall–Kier alpha value is -1.62. The molecule has 0 aromatic heterocycles. The molecule has 1 aliphatic rings. The molecule has 1 aliphatic heterocycles. The molecule has 0 aliphatic carbocycles. The highest BCUT2D eigenvalue weighted by Crippen LogP contribution is 2.49. The van der Waals surface area contributed by atoms with E-state index in [0.717, 1.165) is 24.1 Å². The van der Waals surface area contributed by atoms with Gasteiger partial charge in [0.25, 0.3) is 0 Å². The van der Waals surface area contributed by atoms with E-state index in [-0.39, 0.29) is 5.16 Å². The van der Waals surface area contributed by atoms with E-state index in [1.54, 1.807) is 19.8 Å². The van der Waals surface area contributed by atoms with Crippen LogP contribution in [0.2, 0.25) is 0 Å². The van der Waals surface area contributed by atoms with Crippen LogP contribution in [0.4, 0.5) is 0 Å². The standard InChI is InChI=1S/C24H30O2P2/c1-17-18(2)24(4,27-19(17)3)15-16-28(22-13-9-7-11-20(22)25-5)23-14-10-8-12-21(23)26-6/h7-14H,15-16H2,1-6H3. The van der Waals surface area contributed by atoms with E-state index < -0.39 is 7.92 Å². The van der Waals surface area contributed by atoms with Crippen LogP contribution < -0.4 is 20.1 Å². The van der Waals surface area contributed by atoms with E-state index in [2.05, 4.69) is 64.1 Å². The summed E-state index contributed by atoms with van der Waals surface area (Å²) in [6.45, 7) is 9.27. The SMILES string of the molecule is COc1ccccc1P(CCC1(C)P=C(C)C(C)=C1C)c1ccccc1OC. The van der Waals surface area contributed by atoms with Crippen molar-refractivity contribution in [3.63, 3.8) is 0 Å². The normalized spacial score (nSPS) is 19.8. The minimum atomic E-state index is -0.586.